The summed E-state index contributed by atoms with van der Waals surface area (Å²) in [5.41, 5.74) is 9.71. The zero-order chi connectivity index (χ0) is 33.7. The van der Waals surface area contributed by atoms with Gasteiger partial charge in [0.25, 0.3) is 0 Å². The molecular formula is C46H44FeN2P2-6. The van der Waals surface area contributed by atoms with Gasteiger partial charge in [0.2, 0.25) is 0 Å². The van der Waals surface area contributed by atoms with Crippen LogP contribution in [0.15, 0.2) is 146 Å². The van der Waals surface area contributed by atoms with Crippen LogP contribution in [0.25, 0.3) is 32.9 Å². The van der Waals surface area contributed by atoms with E-state index in [0.717, 1.165) is 63.0 Å². The summed E-state index contributed by atoms with van der Waals surface area (Å²) >= 11 is 0. The third-order valence-corrected chi connectivity index (χ3v) is 14.0. The van der Waals surface area contributed by atoms with E-state index in [4.69, 9.17) is 9.97 Å². The van der Waals surface area contributed by atoms with Crippen LogP contribution < -0.4 is 0 Å². The second-order valence-electron chi connectivity index (χ2n) is 15.0. The second-order valence-corrected chi connectivity index (χ2v) is 16.3. The maximum Gasteiger partial charge on any atom is 0.0710 e. The molecule has 51 heavy (non-hydrogen) atoms. The normalized spacial score (nSPS) is 23.5. The largest absolute Gasteiger partial charge is 0.748 e. The summed E-state index contributed by atoms with van der Waals surface area (Å²) in [5, 5.41) is 1.70. The van der Waals surface area contributed by atoms with Gasteiger partial charge >= 0.3 is 0 Å². The van der Waals surface area contributed by atoms with Crippen LogP contribution in [0, 0.1) is 23.7 Å². The first-order valence-corrected chi connectivity index (χ1v) is 19.7. The Morgan fingerprint density at radius 1 is 0.627 bits per heavy atom. The summed E-state index contributed by atoms with van der Waals surface area (Å²) in [6.45, 7) is 0. The van der Waals surface area contributed by atoms with E-state index in [0.29, 0.717) is 0 Å². The van der Waals surface area contributed by atoms with Gasteiger partial charge in [-0.2, -0.15) is 11.6 Å². The van der Waals surface area contributed by atoms with Crippen molar-refractivity contribution < 1.29 is 17.1 Å². The van der Waals surface area contributed by atoms with Crippen LogP contribution in [0.5, 0.6) is 0 Å². The predicted octanol–water partition coefficient (Wildman–Crippen LogP) is 11.3. The summed E-state index contributed by atoms with van der Waals surface area (Å²) in [4.78, 5) is 10.8. The van der Waals surface area contributed by atoms with Gasteiger partial charge in [0.05, 0.1) is 27.6 Å². The van der Waals surface area contributed by atoms with Crippen LogP contribution in [0.4, 0.5) is 0 Å². The van der Waals surface area contributed by atoms with Crippen LogP contribution in [0.2, 0.25) is 0 Å². The van der Waals surface area contributed by atoms with Crippen molar-refractivity contribution in [2.75, 3.05) is 6.16 Å². The van der Waals surface area contributed by atoms with Gasteiger partial charge in [-0.15, -0.1) is 29.6 Å². The number of fused-ring (bicyclic) bond motifs is 2. The number of nitrogens with zero attached hydrogens (tertiary/aromatic N) is 2. The number of rotatable bonds is 6. The van der Waals surface area contributed by atoms with Gasteiger partial charge < -0.3 is 30.3 Å². The van der Waals surface area contributed by atoms with E-state index in [1.807, 2.05) is 30.3 Å². The molecule has 2 heterocycles. The molecule has 2 aromatic heterocycles. The van der Waals surface area contributed by atoms with Crippen molar-refractivity contribution in [2.24, 2.45) is 23.7 Å². The van der Waals surface area contributed by atoms with Crippen molar-refractivity contribution in [3.05, 3.63) is 168 Å². The number of para-hydroxylation sites is 2. The Balaban J connectivity index is 0.000000576. The number of aromatic nitrogens is 2. The molecule has 2 atom stereocenters. The van der Waals surface area contributed by atoms with Gasteiger partial charge in [0.15, 0.2) is 0 Å². The molecule has 5 aromatic carbocycles. The maximum absolute atomic E-state index is 5.42. The summed E-state index contributed by atoms with van der Waals surface area (Å²) in [5.74, 6) is 3.27. The zero-order valence-electron chi connectivity index (χ0n) is 28.8. The Bertz CT molecular complexity index is 2130. The van der Waals surface area contributed by atoms with Crippen LogP contribution >= 0.6 is 18.5 Å². The minimum absolute atomic E-state index is 0. The molecule has 0 spiro atoms. The van der Waals surface area contributed by atoms with Crippen LogP contribution in [-0.4, -0.2) is 16.1 Å². The summed E-state index contributed by atoms with van der Waals surface area (Å²) in [6.07, 6.45) is 8.05. The van der Waals surface area contributed by atoms with E-state index >= 15 is 0 Å². The number of hydrogen-bond acceptors (Lipinski definition) is 2. The van der Waals surface area contributed by atoms with E-state index in [-0.39, 0.29) is 22.5 Å². The van der Waals surface area contributed by atoms with Gasteiger partial charge in [-0.1, -0.05) is 84.4 Å². The summed E-state index contributed by atoms with van der Waals surface area (Å²) < 4.78 is 0. The average Bonchev–Trinajstić information content (AvgIpc) is 3.90. The molecule has 2 nitrogen and oxygen atoms in total. The van der Waals surface area contributed by atoms with Crippen LogP contribution in [0.1, 0.15) is 54.6 Å². The van der Waals surface area contributed by atoms with E-state index in [1.54, 1.807) is 0 Å². The molecule has 0 aliphatic heterocycles. The zero-order valence-corrected chi connectivity index (χ0v) is 32.2. The van der Waals surface area contributed by atoms with Crippen LogP contribution in [-0.2, 0) is 27.6 Å². The predicted molar refractivity (Wildman–Crippen MR) is 216 cm³/mol. The monoisotopic (exact) mass is 742 g/mol. The van der Waals surface area contributed by atoms with E-state index < -0.39 is 5.16 Å². The molecule has 11 rings (SSSR count). The fourth-order valence-electron chi connectivity index (χ4n) is 10.2. The first-order valence-electron chi connectivity index (χ1n) is 18.3. The van der Waals surface area contributed by atoms with Crippen molar-refractivity contribution in [3.63, 3.8) is 0 Å². The van der Waals surface area contributed by atoms with E-state index in [9.17, 15) is 0 Å². The number of hydrogen-bond donors (Lipinski definition) is 0. The summed E-state index contributed by atoms with van der Waals surface area (Å²) in [7, 11) is 6.58. The Morgan fingerprint density at radius 3 is 1.63 bits per heavy atom. The van der Waals surface area contributed by atoms with Gasteiger partial charge in [-0.3, -0.25) is 9.97 Å². The molecular weight excluding hydrogens is 698 g/mol. The minimum atomic E-state index is -0.627. The molecule has 262 valence electrons. The molecule has 2 unspecified atom stereocenters. The molecule has 5 heteroatoms. The molecule has 0 radical (unpaired) electrons. The third-order valence-electron chi connectivity index (χ3n) is 12.4. The molecule has 4 aliphatic carbocycles. The molecule has 0 amide bonds. The van der Waals surface area contributed by atoms with Gasteiger partial charge in [0.1, 0.15) is 0 Å². The Labute approximate surface area is 317 Å². The van der Waals surface area contributed by atoms with Crippen LogP contribution in [0.3, 0.4) is 0 Å². The molecule has 4 fully saturated rings. The third kappa shape index (κ3) is 5.96. The number of pyridine rings is 2. The Hall–Kier alpha value is -3.44. The average molecular weight is 743 g/mol. The van der Waals surface area contributed by atoms with Crippen molar-refractivity contribution in [1.82, 2.24) is 9.97 Å². The second kappa shape index (κ2) is 14.2. The van der Waals surface area contributed by atoms with Crippen molar-refractivity contribution in [1.29, 1.82) is 0 Å². The molecule has 4 bridgehead atoms. The topological polar surface area (TPSA) is 25.8 Å². The Kier molecular flexibility index (Phi) is 9.63. The fourth-order valence-corrected chi connectivity index (χ4v) is 11.7. The van der Waals surface area contributed by atoms with Crippen molar-refractivity contribution in [3.8, 4) is 11.1 Å². The standard InChI is InChI=1S/C41H39N2P2.C5H5.Fe/c44-25-40(32-19-26-18-27(21-32)22-33(40)20-26)34-23-31(28-8-2-1-3-9-28)24-35(34)41(45,38-16-14-29-10-4-6-12-36(29)42-38)39-17-15-30-11-5-7-13-37(30)43-39;1-2-4-5-3-1;/h1-17,23-24,26-27,32-33H,18-22,25,44-45H2;1-5H;/q-1;-5;. The van der Waals surface area contributed by atoms with E-state index in [2.05, 4.69) is 134 Å². The number of benzene rings is 3. The first-order chi connectivity index (χ1) is 24.6. The quantitative estimate of drug-likeness (QED) is 0.0963. The van der Waals surface area contributed by atoms with Crippen molar-refractivity contribution >= 4 is 40.3 Å². The van der Waals surface area contributed by atoms with Gasteiger partial charge in [-0.25, -0.2) is 6.07 Å². The van der Waals surface area contributed by atoms with Gasteiger partial charge in [0, 0.05) is 27.8 Å². The van der Waals surface area contributed by atoms with E-state index in [1.165, 1.54) is 54.4 Å². The maximum atomic E-state index is 5.42. The summed E-state index contributed by atoms with van der Waals surface area (Å²) in [6, 6.07) is 52.0. The molecule has 4 aliphatic rings. The minimum Gasteiger partial charge on any atom is -0.748 e. The Morgan fingerprint density at radius 2 is 1.12 bits per heavy atom. The fraction of sp³-hybridized carbons (Fsp3) is 0.261. The van der Waals surface area contributed by atoms with Gasteiger partial charge in [-0.05, 0) is 91.6 Å². The first kappa shape index (κ1) is 34.6. The SMILES string of the molecule is PCC1([c-]2cc(-c3ccccc3)cc2C(P)(c2ccc3ccccc3n2)c2ccc3ccccc3n2)C2CC3CC(C2)CC1C3.[Fe].[cH-]1[cH-][cH-][cH-][cH-]1. The molecule has 0 saturated heterocycles. The smallest absolute Gasteiger partial charge is 0.0710 e. The molecule has 4 saturated carbocycles. The van der Waals surface area contributed by atoms with Crippen molar-refractivity contribution in [2.45, 2.75) is 42.7 Å². The molecule has 0 N–H and O–H groups in total. The molecule has 7 aromatic rings.